The summed E-state index contributed by atoms with van der Waals surface area (Å²) >= 11 is 0. The van der Waals surface area contributed by atoms with E-state index in [-0.39, 0.29) is 17.7 Å². The lowest BCUT2D eigenvalue weighted by Gasteiger charge is -2.15. The number of carboxylic acids is 1. The van der Waals surface area contributed by atoms with Gasteiger partial charge in [-0.25, -0.2) is 0 Å². The van der Waals surface area contributed by atoms with Gasteiger partial charge in [-0.2, -0.15) is 18.4 Å². The predicted octanol–water partition coefficient (Wildman–Crippen LogP) is 2.85. The molecule has 1 rings (SSSR count). The zero-order valence-electron chi connectivity index (χ0n) is 9.95. The fourth-order valence-electron chi connectivity index (χ4n) is 1.52. The molecule has 1 aromatic rings. The summed E-state index contributed by atoms with van der Waals surface area (Å²) in [5.41, 5.74) is -0.906. The smallest absolute Gasteiger partial charge is 0.416 e. The van der Waals surface area contributed by atoms with Crippen molar-refractivity contribution in [2.24, 2.45) is 0 Å². The Balaban J connectivity index is 2.98. The molecule has 0 bridgehead atoms. The molecular weight excluding hydrogens is 261 g/mol. The molecule has 0 amide bonds. The first-order chi connectivity index (χ1) is 8.74. The van der Waals surface area contributed by atoms with Gasteiger partial charge < -0.3 is 10.4 Å². The maximum Gasteiger partial charge on any atom is 0.416 e. The lowest BCUT2D eigenvalue weighted by molar-refractivity contribution is -0.138. The number of nitrogens with zero attached hydrogens (tertiary/aromatic N) is 1. The first kappa shape index (κ1) is 14.8. The quantitative estimate of drug-likeness (QED) is 0.883. The van der Waals surface area contributed by atoms with E-state index in [0.717, 1.165) is 18.2 Å². The molecule has 1 aromatic carbocycles. The van der Waals surface area contributed by atoms with Gasteiger partial charge in [0.2, 0.25) is 0 Å². The van der Waals surface area contributed by atoms with Crippen LogP contribution in [-0.4, -0.2) is 17.1 Å². The van der Waals surface area contributed by atoms with E-state index in [9.17, 15) is 18.0 Å². The minimum atomic E-state index is -4.52. The van der Waals surface area contributed by atoms with Gasteiger partial charge in [-0.3, -0.25) is 4.79 Å². The normalized spacial score (nSPS) is 12.6. The summed E-state index contributed by atoms with van der Waals surface area (Å²) < 4.78 is 37.4. The molecule has 1 unspecified atom stereocenters. The van der Waals surface area contributed by atoms with Crippen LogP contribution in [0.15, 0.2) is 18.2 Å². The summed E-state index contributed by atoms with van der Waals surface area (Å²) in [5.74, 6) is -1.04. The Hall–Kier alpha value is -2.23. The third-order valence-electron chi connectivity index (χ3n) is 2.35. The van der Waals surface area contributed by atoms with E-state index in [0.29, 0.717) is 0 Å². The molecular formula is C12H11F3N2O2. The van der Waals surface area contributed by atoms with E-state index in [1.165, 1.54) is 0 Å². The van der Waals surface area contributed by atoms with Crippen LogP contribution in [0.3, 0.4) is 0 Å². The number of nitrogens with one attached hydrogen (secondary N) is 1. The van der Waals surface area contributed by atoms with Crippen molar-refractivity contribution < 1.29 is 23.1 Å². The summed E-state index contributed by atoms with van der Waals surface area (Å²) in [6.45, 7) is 1.56. The molecule has 4 nitrogen and oxygen atoms in total. The van der Waals surface area contributed by atoms with Gasteiger partial charge in [0.25, 0.3) is 0 Å². The largest absolute Gasteiger partial charge is 0.481 e. The van der Waals surface area contributed by atoms with Crippen LogP contribution in [0.5, 0.6) is 0 Å². The molecule has 0 spiro atoms. The average Bonchev–Trinajstić information content (AvgIpc) is 2.26. The zero-order valence-corrected chi connectivity index (χ0v) is 9.95. The fraction of sp³-hybridized carbons (Fsp3) is 0.333. The topological polar surface area (TPSA) is 73.1 Å². The number of anilines is 1. The standard InChI is InChI=1S/C12H11F3N2O2/c1-7(4-11(18)19)17-10-3-2-9(12(13,14)15)5-8(10)6-16/h2-3,5,7,17H,4H2,1H3,(H,18,19). The lowest BCUT2D eigenvalue weighted by atomic mass is 10.1. The molecule has 0 fully saturated rings. The van der Waals surface area contributed by atoms with Crippen LogP contribution in [-0.2, 0) is 11.0 Å². The number of alkyl halides is 3. The number of carboxylic acid groups (broad SMARTS) is 1. The van der Waals surface area contributed by atoms with Gasteiger partial charge in [0.05, 0.1) is 23.2 Å². The van der Waals surface area contributed by atoms with E-state index >= 15 is 0 Å². The minimum absolute atomic E-state index is 0.174. The number of aliphatic carboxylic acids is 1. The van der Waals surface area contributed by atoms with E-state index in [1.54, 1.807) is 13.0 Å². The first-order valence-electron chi connectivity index (χ1n) is 5.33. The fourth-order valence-corrected chi connectivity index (χ4v) is 1.52. The van der Waals surface area contributed by atoms with Gasteiger partial charge in [-0.1, -0.05) is 0 Å². The predicted molar refractivity (Wildman–Crippen MR) is 61.5 cm³/mol. The summed E-state index contributed by atoms with van der Waals surface area (Å²) in [5, 5.41) is 20.1. The number of nitriles is 1. The lowest BCUT2D eigenvalue weighted by Crippen LogP contribution is -2.20. The third-order valence-corrected chi connectivity index (χ3v) is 2.35. The van der Waals surface area contributed by atoms with E-state index in [1.807, 2.05) is 0 Å². The number of hydrogen-bond acceptors (Lipinski definition) is 3. The highest BCUT2D eigenvalue weighted by molar-refractivity contribution is 5.69. The van der Waals surface area contributed by atoms with Crippen molar-refractivity contribution in [2.75, 3.05) is 5.32 Å². The molecule has 0 aromatic heterocycles. The molecule has 2 N–H and O–H groups in total. The summed E-state index contributed by atoms with van der Waals surface area (Å²) in [7, 11) is 0. The Bertz CT molecular complexity index is 521. The van der Waals surface area contributed by atoms with Crippen molar-refractivity contribution in [3.05, 3.63) is 29.3 Å². The highest BCUT2D eigenvalue weighted by Gasteiger charge is 2.31. The van der Waals surface area contributed by atoms with Crippen molar-refractivity contribution in [1.29, 1.82) is 5.26 Å². The van der Waals surface area contributed by atoms with Crippen molar-refractivity contribution in [1.82, 2.24) is 0 Å². The van der Waals surface area contributed by atoms with Crippen molar-refractivity contribution in [3.63, 3.8) is 0 Å². The monoisotopic (exact) mass is 272 g/mol. The highest BCUT2D eigenvalue weighted by atomic mass is 19.4. The third kappa shape index (κ3) is 4.17. The van der Waals surface area contributed by atoms with Crippen LogP contribution in [0.25, 0.3) is 0 Å². The van der Waals surface area contributed by atoms with Gasteiger partial charge in [0.15, 0.2) is 0 Å². The molecule has 0 saturated carbocycles. The van der Waals surface area contributed by atoms with Gasteiger partial charge in [-0.15, -0.1) is 0 Å². The minimum Gasteiger partial charge on any atom is -0.481 e. The van der Waals surface area contributed by atoms with Gasteiger partial charge in [-0.05, 0) is 25.1 Å². The SMILES string of the molecule is CC(CC(=O)O)Nc1ccc(C(F)(F)F)cc1C#N. The van der Waals surface area contributed by atoms with Crippen LogP contribution in [0.2, 0.25) is 0 Å². The summed E-state index contributed by atoms with van der Waals surface area (Å²) in [6.07, 6.45) is -4.72. The van der Waals surface area contributed by atoms with Crippen molar-refractivity contribution in [3.8, 4) is 6.07 Å². The van der Waals surface area contributed by atoms with Crippen molar-refractivity contribution in [2.45, 2.75) is 25.6 Å². The Morgan fingerprint density at radius 3 is 2.63 bits per heavy atom. The number of carbonyl (C=O) groups is 1. The summed E-state index contributed by atoms with van der Waals surface area (Å²) in [4.78, 5) is 10.5. The van der Waals surface area contributed by atoms with Crippen LogP contribution in [0, 0.1) is 11.3 Å². The van der Waals surface area contributed by atoms with E-state index < -0.39 is 23.8 Å². The van der Waals surface area contributed by atoms with Gasteiger partial charge in [0, 0.05) is 6.04 Å². The molecule has 0 aliphatic heterocycles. The maximum atomic E-state index is 12.5. The van der Waals surface area contributed by atoms with Crippen LogP contribution < -0.4 is 5.32 Å². The molecule has 102 valence electrons. The molecule has 7 heteroatoms. The molecule has 19 heavy (non-hydrogen) atoms. The van der Waals surface area contributed by atoms with Crippen molar-refractivity contribution >= 4 is 11.7 Å². The Morgan fingerprint density at radius 2 is 2.16 bits per heavy atom. The molecule has 0 radical (unpaired) electrons. The van der Waals surface area contributed by atoms with Gasteiger partial charge >= 0.3 is 12.1 Å². The highest BCUT2D eigenvalue weighted by Crippen LogP contribution is 2.31. The molecule has 1 atom stereocenters. The number of rotatable bonds is 4. The molecule has 0 aliphatic rings. The second kappa shape index (κ2) is 5.61. The summed E-state index contributed by atoms with van der Waals surface area (Å²) in [6, 6.07) is 3.86. The Morgan fingerprint density at radius 1 is 1.53 bits per heavy atom. The molecule has 0 saturated heterocycles. The number of hydrogen-bond donors (Lipinski definition) is 2. The first-order valence-corrected chi connectivity index (χ1v) is 5.33. The van der Waals surface area contributed by atoms with Gasteiger partial charge in [0.1, 0.15) is 6.07 Å². The van der Waals surface area contributed by atoms with Crippen LogP contribution >= 0.6 is 0 Å². The number of halogens is 3. The maximum absolute atomic E-state index is 12.5. The Kier molecular flexibility index (Phi) is 4.38. The molecule has 0 aliphatic carbocycles. The zero-order chi connectivity index (χ0) is 14.6. The van der Waals surface area contributed by atoms with Crippen LogP contribution in [0.4, 0.5) is 18.9 Å². The average molecular weight is 272 g/mol. The second-order valence-corrected chi connectivity index (χ2v) is 4.01. The van der Waals surface area contributed by atoms with E-state index in [4.69, 9.17) is 10.4 Å². The second-order valence-electron chi connectivity index (χ2n) is 4.01. The number of benzene rings is 1. The Labute approximate surface area is 107 Å². The molecule has 0 heterocycles. The van der Waals surface area contributed by atoms with Crippen LogP contribution in [0.1, 0.15) is 24.5 Å². The van der Waals surface area contributed by atoms with E-state index in [2.05, 4.69) is 5.32 Å².